The Kier molecular flexibility index (Phi) is 7.04. The summed E-state index contributed by atoms with van der Waals surface area (Å²) in [7, 11) is 0. The number of nitrogens with one attached hydrogen (secondary N) is 1. The Morgan fingerprint density at radius 2 is 1.70 bits per heavy atom. The van der Waals surface area contributed by atoms with E-state index in [-0.39, 0.29) is 5.56 Å². The summed E-state index contributed by atoms with van der Waals surface area (Å²) in [6.07, 6.45) is -3.66. The van der Waals surface area contributed by atoms with E-state index in [0.29, 0.717) is 41.9 Å². The van der Waals surface area contributed by atoms with Crippen molar-refractivity contribution in [1.29, 1.82) is 0 Å². The number of hydrogen-bond donors (Lipinski definition) is 2. The summed E-state index contributed by atoms with van der Waals surface area (Å²) in [6.45, 7) is 5.41. The van der Waals surface area contributed by atoms with Gasteiger partial charge in [-0.15, -0.1) is 0 Å². The predicted octanol–water partition coefficient (Wildman–Crippen LogP) is 6.77. The lowest BCUT2D eigenvalue weighted by Crippen LogP contribution is -2.19. The van der Waals surface area contributed by atoms with Gasteiger partial charge in [-0.25, -0.2) is 0 Å². The molecule has 3 aromatic rings. The van der Waals surface area contributed by atoms with Crippen LogP contribution >= 0.6 is 0 Å². The van der Waals surface area contributed by atoms with Gasteiger partial charge in [0.05, 0.1) is 23.3 Å². The molecule has 1 amide bonds. The molecule has 2 atom stereocenters. The summed E-state index contributed by atoms with van der Waals surface area (Å²) in [4.78, 5) is 24.7. The average molecular weight is 512 g/mol. The smallest absolute Gasteiger partial charge is 0.418 e. The number of carbonyl (C=O) groups is 2. The number of rotatable bonds is 8. The van der Waals surface area contributed by atoms with Crippen molar-refractivity contribution in [1.82, 2.24) is 0 Å². The Morgan fingerprint density at radius 1 is 1.05 bits per heavy atom. The third-order valence-corrected chi connectivity index (χ3v) is 6.96. The summed E-state index contributed by atoms with van der Waals surface area (Å²) in [5, 5.41) is 11.9. The minimum Gasteiger partial charge on any atom is -0.493 e. The van der Waals surface area contributed by atoms with E-state index in [2.05, 4.69) is 5.32 Å². The molecule has 0 saturated heterocycles. The number of alkyl halides is 3. The topological polar surface area (TPSA) is 75.6 Å². The van der Waals surface area contributed by atoms with E-state index in [1.165, 1.54) is 12.1 Å². The first-order valence-electron chi connectivity index (χ1n) is 11.9. The Balaban J connectivity index is 1.54. The second-order valence-corrected chi connectivity index (χ2v) is 9.75. The standard InChI is InChI=1S/C29H28F3NO4/c1-17-13-21(37-12-11-19-7-5-4-6-8-19)14-18(2)25(17)26(34)33-24-15-20(9-10-22(24)29(30,31)32)23-16-28(23,3)27(35)36/h4-10,13-15,23H,11-12,16H2,1-3H3,(H,33,34)(H,35,36)/t23-,28-/m1/s1. The zero-order chi connectivity index (χ0) is 27.0. The number of carboxylic acid groups (broad SMARTS) is 1. The molecule has 37 heavy (non-hydrogen) atoms. The van der Waals surface area contributed by atoms with Crippen LogP contribution in [0.15, 0.2) is 60.7 Å². The van der Waals surface area contributed by atoms with E-state index in [9.17, 15) is 27.9 Å². The van der Waals surface area contributed by atoms with Gasteiger partial charge in [0.25, 0.3) is 5.91 Å². The quantitative estimate of drug-likeness (QED) is 0.350. The summed E-state index contributed by atoms with van der Waals surface area (Å²) in [5.74, 6) is -1.52. The highest BCUT2D eigenvalue weighted by Gasteiger charge is 2.57. The number of hydrogen-bond acceptors (Lipinski definition) is 3. The second-order valence-electron chi connectivity index (χ2n) is 9.75. The van der Waals surface area contributed by atoms with Crippen molar-refractivity contribution in [3.8, 4) is 5.75 Å². The lowest BCUT2D eigenvalue weighted by molar-refractivity contribution is -0.143. The highest BCUT2D eigenvalue weighted by Crippen LogP contribution is 2.59. The zero-order valence-corrected chi connectivity index (χ0v) is 20.8. The molecule has 1 saturated carbocycles. The SMILES string of the molecule is Cc1cc(OCCc2ccccc2)cc(C)c1C(=O)Nc1cc([C@H]2C[C@@]2(C)C(=O)O)ccc1C(F)(F)F. The molecule has 0 aromatic heterocycles. The second kappa shape index (κ2) is 9.92. The maximum Gasteiger partial charge on any atom is 0.418 e. The van der Waals surface area contributed by atoms with Crippen LogP contribution in [0.3, 0.4) is 0 Å². The molecule has 1 aliphatic carbocycles. The Hall–Kier alpha value is -3.81. The highest BCUT2D eigenvalue weighted by molar-refractivity contribution is 6.07. The van der Waals surface area contributed by atoms with E-state index in [0.717, 1.165) is 11.6 Å². The number of carbonyl (C=O) groups excluding carboxylic acids is 1. The fourth-order valence-corrected chi connectivity index (χ4v) is 4.70. The number of ether oxygens (including phenoxy) is 1. The van der Waals surface area contributed by atoms with E-state index in [4.69, 9.17) is 4.74 Å². The van der Waals surface area contributed by atoms with Crippen LogP contribution < -0.4 is 10.1 Å². The number of halogens is 3. The van der Waals surface area contributed by atoms with Crippen molar-refractivity contribution >= 4 is 17.6 Å². The van der Waals surface area contributed by atoms with Crippen molar-refractivity contribution < 1.29 is 32.6 Å². The number of benzene rings is 3. The number of anilines is 1. The van der Waals surface area contributed by atoms with Crippen molar-refractivity contribution in [3.63, 3.8) is 0 Å². The van der Waals surface area contributed by atoms with Crippen LogP contribution in [0.25, 0.3) is 0 Å². The summed E-state index contributed by atoms with van der Waals surface area (Å²) in [5.41, 5.74) is 0.569. The summed E-state index contributed by atoms with van der Waals surface area (Å²) < 4.78 is 47.0. The van der Waals surface area contributed by atoms with Crippen molar-refractivity contribution in [2.24, 2.45) is 5.41 Å². The zero-order valence-electron chi connectivity index (χ0n) is 20.8. The highest BCUT2D eigenvalue weighted by atomic mass is 19.4. The Bertz CT molecular complexity index is 1310. The van der Waals surface area contributed by atoms with E-state index in [1.54, 1.807) is 32.9 Å². The molecule has 5 nitrogen and oxygen atoms in total. The predicted molar refractivity (Wildman–Crippen MR) is 134 cm³/mol. The van der Waals surface area contributed by atoms with Gasteiger partial charge in [-0.2, -0.15) is 13.2 Å². The van der Waals surface area contributed by atoms with Crippen LogP contribution in [0.1, 0.15) is 57.4 Å². The third-order valence-electron chi connectivity index (χ3n) is 6.96. The first-order valence-corrected chi connectivity index (χ1v) is 11.9. The maximum atomic E-state index is 13.7. The van der Waals surface area contributed by atoms with Gasteiger partial charge in [-0.05, 0) is 73.7 Å². The monoisotopic (exact) mass is 511 g/mol. The molecule has 194 valence electrons. The van der Waals surface area contributed by atoms with Gasteiger partial charge in [-0.1, -0.05) is 36.4 Å². The molecule has 0 unspecified atom stereocenters. The Morgan fingerprint density at radius 3 is 2.27 bits per heavy atom. The molecule has 0 radical (unpaired) electrons. The molecule has 0 heterocycles. The normalized spacial score (nSPS) is 18.8. The van der Waals surface area contributed by atoms with Crippen LogP contribution in [0, 0.1) is 19.3 Å². The third kappa shape index (κ3) is 5.63. The van der Waals surface area contributed by atoms with Crippen LogP contribution in [0.5, 0.6) is 5.75 Å². The minimum absolute atomic E-state index is 0.260. The van der Waals surface area contributed by atoms with Crippen molar-refractivity contribution in [2.75, 3.05) is 11.9 Å². The number of amides is 1. The molecule has 0 bridgehead atoms. The van der Waals surface area contributed by atoms with Gasteiger partial charge in [-0.3, -0.25) is 9.59 Å². The van der Waals surface area contributed by atoms with Crippen LogP contribution in [-0.2, 0) is 17.4 Å². The number of aliphatic carboxylic acids is 1. The lowest BCUT2D eigenvalue weighted by Gasteiger charge is -2.18. The van der Waals surface area contributed by atoms with Gasteiger partial charge < -0.3 is 15.2 Å². The van der Waals surface area contributed by atoms with E-state index < -0.39 is 40.6 Å². The molecular formula is C29H28F3NO4. The molecule has 2 N–H and O–H groups in total. The molecule has 1 fully saturated rings. The van der Waals surface area contributed by atoms with Crippen LogP contribution in [0.2, 0.25) is 0 Å². The van der Waals surface area contributed by atoms with Crippen LogP contribution in [0.4, 0.5) is 18.9 Å². The summed E-state index contributed by atoms with van der Waals surface area (Å²) >= 11 is 0. The van der Waals surface area contributed by atoms with Crippen LogP contribution in [-0.4, -0.2) is 23.6 Å². The molecule has 1 aliphatic rings. The van der Waals surface area contributed by atoms with Gasteiger partial charge in [0, 0.05) is 17.9 Å². The van der Waals surface area contributed by atoms with Gasteiger partial charge in [0.15, 0.2) is 0 Å². The molecule has 4 rings (SSSR count). The van der Waals surface area contributed by atoms with E-state index in [1.807, 2.05) is 30.3 Å². The fraction of sp³-hybridized carbons (Fsp3) is 0.310. The number of aryl methyl sites for hydroxylation is 2. The first-order chi connectivity index (χ1) is 17.4. The summed E-state index contributed by atoms with van der Waals surface area (Å²) in [6, 6.07) is 16.7. The first kappa shape index (κ1) is 26.3. The van der Waals surface area contributed by atoms with E-state index >= 15 is 0 Å². The molecular weight excluding hydrogens is 483 g/mol. The Labute approximate surface area is 213 Å². The maximum absolute atomic E-state index is 13.7. The molecule has 0 aliphatic heterocycles. The molecule has 8 heteroatoms. The lowest BCUT2D eigenvalue weighted by atomic mass is 9.98. The number of carboxylic acids is 1. The van der Waals surface area contributed by atoms with Crippen molar-refractivity contribution in [2.45, 2.75) is 45.7 Å². The van der Waals surface area contributed by atoms with Crippen molar-refractivity contribution in [3.05, 3.63) is 94.0 Å². The largest absolute Gasteiger partial charge is 0.493 e. The van der Waals surface area contributed by atoms with Gasteiger partial charge >= 0.3 is 12.1 Å². The molecule has 3 aromatic carbocycles. The minimum atomic E-state index is -4.69. The fourth-order valence-electron chi connectivity index (χ4n) is 4.70. The average Bonchev–Trinajstić information content (AvgIpc) is 3.52. The van der Waals surface area contributed by atoms with Gasteiger partial charge in [0.1, 0.15) is 5.75 Å². The van der Waals surface area contributed by atoms with Gasteiger partial charge in [0.2, 0.25) is 0 Å². The molecule has 0 spiro atoms.